The van der Waals surface area contributed by atoms with Crippen molar-refractivity contribution >= 4 is 40.8 Å². The van der Waals surface area contributed by atoms with E-state index in [1.54, 1.807) is 11.8 Å². The summed E-state index contributed by atoms with van der Waals surface area (Å²) in [5.74, 6) is 0.625. The summed E-state index contributed by atoms with van der Waals surface area (Å²) in [4.78, 5) is 22.0. The molecule has 2 heterocycles. The third-order valence-corrected chi connectivity index (χ3v) is 7.18. The molecule has 2 aromatic carbocycles. The molecule has 1 aliphatic heterocycles. The molecule has 0 spiro atoms. The van der Waals surface area contributed by atoms with Crippen LogP contribution in [0, 0.1) is 11.3 Å². The van der Waals surface area contributed by atoms with Crippen LogP contribution >= 0.6 is 23.5 Å². The summed E-state index contributed by atoms with van der Waals surface area (Å²) in [7, 11) is 0. The lowest BCUT2D eigenvalue weighted by atomic mass is 10.2. The fourth-order valence-corrected chi connectivity index (χ4v) is 5.47. The van der Waals surface area contributed by atoms with Crippen molar-refractivity contribution in [3.05, 3.63) is 71.9 Å². The Labute approximate surface area is 191 Å². The molecule has 31 heavy (non-hydrogen) atoms. The number of fused-ring (bicyclic) bond motifs is 2. The quantitative estimate of drug-likeness (QED) is 0.383. The van der Waals surface area contributed by atoms with Gasteiger partial charge >= 0.3 is 0 Å². The molecule has 0 saturated carbocycles. The number of thioether (sulfide) groups is 1. The van der Waals surface area contributed by atoms with Crippen LogP contribution in [0.25, 0.3) is 0 Å². The highest BCUT2D eigenvalue weighted by molar-refractivity contribution is 7.99. The largest absolute Gasteiger partial charge is 0.279 e. The van der Waals surface area contributed by atoms with Crippen LogP contribution in [-0.2, 0) is 11.2 Å². The van der Waals surface area contributed by atoms with Crippen molar-refractivity contribution in [2.24, 2.45) is 0 Å². The van der Waals surface area contributed by atoms with Crippen molar-refractivity contribution in [3.8, 4) is 6.07 Å². The number of hydrogen-bond donors (Lipinski definition) is 0. The highest BCUT2D eigenvalue weighted by Crippen LogP contribution is 2.48. The predicted octanol–water partition coefficient (Wildman–Crippen LogP) is 6.61. The lowest BCUT2D eigenvalue weighted by Crippen LogP contribution is -2.28. The van der Waals surface area contributed by atoms with Gasteiger partial charge in [-0.2, -0.15) is 5.26 Å². The molecule has 0 saturated heterocycles. The molecular formula is C25H23N3OS2. The number of para-hydroxylation sites is 2. The Morgan fingerprint density at radius 1 is 1.06 bits per heavy atom. The molecule has 0 fully saturated rings. The third kappa shape index (κ3) is 4.79. The standard InChI is InChI=1S/C25H23N3OS2/c1-2-3-8-19-14-13-18(17-26)25(27-19)30-16-15-24(29)28-20-9-4-6-11-22(20)31-23-12-7-5-10-21(23)28/h4-7,9-14H,2-3,8,15-16H2,1H3. The molecule has 0 radical (unpaired) electrons. The van der Waals surface area contributed by atoms with Gasteiger partial charge in [-0.1, -0.05) is 49.4 Å². The van der Waals surface area contributed by atoms with Crippen molar-refractivity contribution in [2.75, 3.05) is 10.7 Å². The van der Waals surface area contributed by atoms with Crippen LogP contribution in [0.5, 0.6) is 0 Å². The number of nitriles is 1. The number of hydrogen-bond acceptors (Lipinski definition) is 5. The first-order chi connectivity index (χ1) is 15.2. The monoisotopic (exact) mass is 445 g/mol. The van der Waals surface area contributed by atoms with Crippen molar-refractivity contribution in [3.63, 3.8) is 0 Å². The maximum absolute atomic E-state index is 13.3. The maximum atomic E-state index is 13.3. The summed E-state index contributed by atoms with van der Waals surface area (Å²) < 4.78 is 0. The second-order valence-corrected chi connectivity index (χ2v) is 9.40. The topological polar surface area (TPSA) is 57.0 Å². The Bertz CT molecular complexity index is 1090. The highest BCUT2D eigenvalue weighted by Gasteiger charge is 2.27. The smallest absolute Gasteiger partial charge is 0.232 e. The molecule has 156 valence electrons. The average Bonchev–Trinajstić information content (AvgIpc) is 2.81. The van der Waals surface area contributed by atoms with Gasteiger partial charge in [-0.05, 0) is 49.2 Å². The highest BCUT2D eigenvalue weighted by atomic mass is 32.2. The summed E-state index contributed by atoms with van der Waals surface area (Å²) in [6, 6.07) is 22.0. The van der Waals surface area contributed by atoms with Crippen LogP contribution < -0.4 is 4.90 Å². The number of nitrogens with zero attached hydrogens (tertiary/aromatic N) is 3. The van der Waals surface area contributed by atoms with Gasteiger partial charge in [0, 0.05) is 27.7 Å². The Kier molecular flexibility index (Phi) is 6.96. The summed E-state index contributed by atoms with van der Waals surface area (Å²) in [6.45, 7) is 2.15. The lowest BCUT2D eigenvalue weighted by molar-refractivity contribution is -0.117. The van der Waals surface area contributed by atoms with E-state index in [4.69, 9.17) is 0 Å². The molecule has 0 atom stereocenters. The first-order valence-corrected chi connectivity index (χ1v) is 12.2. The van der Waals surface area contributed by atoms with Crippen molar-refractivity contribution in [1.82, 2.24) is 4.98 Å². The SMILES string of the molecule is CCCCc1ccc(C#N)c(SCCC(=O)N2c3ccccc3Sc3ccccc32)n1. The molecule has 1 amide bonds. The number of anilines is 2. The zero-order valence-electron chi connectivity index (χ0n) is 17.4. The molecule has 0 bridgehead atoms. The van der Waals surface area contributed by atoms with E-state index in [2.05, 4.69) is 30.1 Å². The van der Waals surface area contributed by atoms with E-state index in [1.165, 1.54) is 11.8 Å². The molecule has 6 heteroatoms. The van der Waals surface area contributed by atoms with E-state index in [0.717, 1.165) is 51.1 Å². The predicted molar refractivity (Wildman–Crippen MR) is 127 cm³/mol. The third-order valence-electron chi connectivity index (χ3n) is 5.06. The first-order valence-electron chi connectivity index (χ1n) is 10.4. The van der Waals surface area contributed by atoms with E-state index in [-0.39, 0.29) is 5.91 Å². The number of rotatable bonds is 7. The van der Waals surface area contributed by atoms with Crippen LogP contribution in [0.15, 0.2) is 75.5 Å². The zero-order chi connectivity index (χ0) is 21.6. The molecule has 1 aliphatic rings. The normalized spacial score (nSPS) is 12.1. The van der Waals surface area contributed by atoms with Gasteiger partial charge in [0.15, 0.2) is 0 Å². The molecular weight excluding hydrogens is 422 g/mol. The van der Waals surface area contributed by atoms with E-state index in [1.807, 2.05) is 53.4 Å². The molecule has 4 nitrogen and oxygen atoms in total. The summed E-state index contributed by atoms with van der Waals surface area (Å²) in [5.41, 5.74) is 3.44. The maximum Gasteiger partial charge on any atom is 0.232 e. The first kappa shape index (κ1) is 21.5. The molecule has 3 aromatic rings. The number of aryl methyl sites for hydroxylation is 1. The Balaban J connectivity index is 1.50. The minimum absolute atomic E-state index is 0.0494. The second-order valence-electron chi connectivity index (χ2n) is 7.24. The fourth-order valence-electron chi connectivity index (χ4n) is 3.49. The number of carbonyl (C=O) groups excluding carboxylic acids is 1. The van der Waals surface area contributed by atoms with E-state index < -0.39 is 0 Å². The van der Waals surface area contributed by atoms with Gasteiger partial charge in [0.05, 0.1) is 16.9 Å². The number of unbranched alkanes of at least 4 members (excludes halogenated alkanes) is 1. The Morgan fingerprint density at radius 2 is 1.74 bits per heavy atom. The van der Waals surface area contributed by atoms with Gasteiger partial charge in [-0.25, -0.2) is 4.98 Å². The molecule has 0 N–H and O–H groups in total. The Hall–Kier alpha value is -2.75. The number of carbonyl (C=O) groups is 1. The van der Waals surface area contributed by atoms with Gasteiger partial charge in [-0.15, -0.1) is 11.8 Å². The molecule has 1 aromatic heterocycles. The van der Waals surface area contributed by atoms with E-state index in [0.29, 0.717) is 17.7 Å². The number of benzene rings is 2. The lowest BCUT2D eigenvalue weighted by Gasteiger charge is -2.31. The molecule has 0 aliphatic carbocycles. The Morgan fingerprint density at radius 3 is 2.39 bits per heavy atom. The van der Waals surface area contributed by atoms with Crippen LogP contribution in [0.1, 0.15) is 37.4 Å². The van der Waals surface area contributed by atoms with Crippen molar-refractivity contribution in [1.29, 1.82) is 5.26 Å². The second kappa shape index (κ2) is 10.0. The van der Waals surface area contributed by atoms with E-state index >= 15 is 0 Å². The molecule has 0 unspecified atom stereocenters. The summed E-state index contributed by atoms with van der Waals surface area (Å²) >= 11 is 3.18. The summed E-state index contributed by atoms with van der Waals surface area (Å²) in [5, 5.41) is 10.2. The van der Waals surface area contributed by atoms with Crippen LogP contribution in [0.4, 0.5) is 11.4 Å². The minimum Gasteiger partial charge on any atom is -0.279 e. The van der Waals surface area contributed by atoms with E-state index in [9.17, 15) is 10.1 Å². The zero-order valence-corrected chi connectivity index (χ0v) is 19.0. The minimum atomic E-state index is 0.0494. The van der Waals surface area contributed by atoms with Crippen LogP contribution in [-0.4, -0.2) is 16.6 Å². The van der Waals surface area contributed by atoms with Crippen molar-refractivity contribution in [2.45, 2.75) is 47.4 Å². The summed E-state index contributed by atoms with van der Waals surface area (Å²) in [6.07, 6.45) is 3.46. The van der Waals surface area contributed by atoms with Gasteiger partial charge < -0.3 is 0 Å². The number of pyridine rings is 1. The van der Waals surface area contributed by atoms with Gasteiger partial charge in [0.25, 0.3) is 0 Å². The van der Waals surface area contributed by atoms with Crippen LogP contribution in [0.2, 0.25) is 0 Å². The number of aromatic nitrogens is 1. The van der Waals surface area contributed by atoms with Crippen LogP contribution in [0.3, 0.4) is 0 Å². The van der Waals surface area contributed by atoms with Gasteiger partial charge in [0.2, 0.25) is 5.91 Å². The van der Waals surface area contributed by atoms with Gasteiger partial charge in [0.1, 0.15) is 11.1 Å². The molecule has 4 rings (SSSR count). The number of amides is 1. The van der Waals surface area contributed by atoms with Gasteiger partial charge in [-0.3, -0.25) is 9.69 Å². The fraction of sp³-hybridized carbons (Fsp3) is 0.240. The average molecular weight is 446 g/mol. The van der Waals surface area contributed by atoms with Crippen molar-refractivity contribution < 1.29 is 4.79 Å².